The molecule has 0 amide bonds. The van der Waals surface area contributed by atoms with E-state index in [9.17, 15) is 17.2 Å². The summed E-state index contributed by atoms with van der Waals surface area (Å²) in [6.07, 6.45) is -2.84. The van der Waals surface area contributed by atoms with Gasteiger partial charge in [0.15, 0.2) is 9.84 Å². The molecule has 0 saturated carbocycles. The first kappa shape index (κ1) is 16.9. The van der Waals surface area contributed by atoms with Crippen molar-refractivity contribution in [2.75, 3.05) is 7.11 Å². The number of hydrogen-bond acceptors (Lipinski definition) is 7. The van der Waals surface area contributed by atoms with Gasteiger partial charge in [0, 0.05) is 19.5 Å². The number of ether oxygens (including phenoxy) is 1. The smallest absolute Gasteiger partial charge is 0.281 e. The Hall–Kier alpha value is -1.46. The topological polar surface area (TPSA) is 87.0 Å². The minimum absolute atomic E-state index is 0.232. The van der Waals surface area contributed by atoms with Crippen molar-refractivity contribution in [2.24, 2.45) is 7.05 Å². The fourth-order valence-electron chi connectivity index (χ4n) is 1.87. The molecule has 0 radical (unpaired) electrons. The molecule has 0 aliphatic rings. The Bertz CT molecular complexity index is 742. The molecule has 0 unspecified atom stereocenters. The second kappa shape index (κ2) is 6.75. The number of aromatic nitrogens is 4. The van der Waals surface area contributed by atoms with Gasteiger partial charge in [-0.1, -0.05) is 5.21 Å². The molecule has 0 fully saturated rings. The Morgan fingerprint density at radius 1 is 1.41 bits per heavy atom. The van der Waals surface area contributed by atoms with E-state index in [0.29, 0.717) is 17.3 Å². The molecule has 2 aromatic rings. The van der Waals surface area contributed by atoms with Gasteiger partial charge in [0.25, 0.3) is 6.43 Å². The zero-order valence-electron chi connectivity index (χ0n) is 11.9. The van der Waals surface area contributed by atoms with Crippen LogP contribution >= 0.6 is 11.3 Å². The summed E-state index contributed by atoms with van der Waals surface area (Å²) >= 11 is 1.28. The van der Waals surface area contributed by atoms with Crippen LogP contribution in [0.3, 0.4) is 0 Å². The first-order valence-corrected chi connectivity index (χ1v) is 8.81. The van der Waals surface area contributed by atoms with Crippen molar-refractivity contribution in [3.63, 3.8) is 0 Å². The van der Waals surface area contributed by atoms with Crippen molar-refractivity contribution in [3.8, 4) is 0 Å². The van der Waals surface area contributed by atoms with E-state index < -0.39 is 27.7 Å². The van der Waals surface area contributed by atoms with Crippen molar-refractivity contribution < 1.29 is 21.9 Å². The number of methoxy groups -OCH3 is 1. The Morgan fingerprint density at radius 2 is 2.14 bits per heavy atom. The highest BCUT2D eigenvalue weighted by Crippen LogP contribution is 2.23. The summed E-state index contributed by atoms with van der Waals surface area (Å²) in [4.78, 5) is 4.11. The number of aryl methyl sites for hydroxylation is 1. The van der Waals surface area contributed by atoms with Crippen molar-refractivity contribution in [3.05, 3.63) is 27.5 Å². The van der Waals surface area contributed by atoms with E-state index in [0.717, 1.165) is 4.68 Å². The molecule has 0 bridgehead atoms. The molecule has 2 heterocycles. The summed E-state index contributed by atoms with van der Waals surface area (Å²) in [7, 11) is -0.872. The van der Waals surface area contributed by atoms with E-state index in [-0.39, 0.29) is 11.4 Å². The van der Waals surface area contributed by atoms with E-state index in [1.54, 1.807) is 5.38 Å². The van der Waals surface area contributed by atoms with Crippen LogP contribution in [0.5, 0.6) is 0 Å². The number of rotatable bonds is 7. The predicted molar refractivity (Wildman–Crippen MR) is 75.1 cm³/mol. The Balaban J connectivity index is 2.14. The summed E-state index contributed by atoms with van der Waals surface area (Å²) in [6.45, 7) is 0.296. The van der Waals surface area contributed by atoms with Crippen LogP contribution in [0.25, 0.3) is 0 Å². The SMILES string of the molecule is COCc1nc(CS(=O)(=O)Cc2nnn(C)c2C(F)F)cs1. The first-order valence-electron chi connectivity index (χ1n) is 6.11. The second-order valence-corrected chi connectivity index (χ2v) is 7.55. The maximum absolute atomic E-state index is 12.9. The summed E-state index contributed by atoms with van der Waals surface area (Å²) in [5.74, 6) is -0.940. The van der Waals surface area contributed by atoms with Gasteiger partial charge in [-0.3, -0.25) is 0 Å². The number of halogens is 2. The van der Waals surface area contributed by atoms with Gasteiger partial charge < -0.3 is 4.74 Å². The highest BCUT2D eigenvalue weighted by Gasteiger charge is 2.25. The fraction of sp³-hybridized carbons (Fsp3) is 0.545. The van der Waals surface area contributed by atoms with E-state index in [1.165, 1.54) is 25.5 Å². The molecule has 122 valence electrons. The molecule has 0 atom stereocenters. The van der Waals surface area contributed by atoms with Gasteiger partial charge in [-0.25, -0.2) is 26.9 Å². The quantitative estimate of drug-likeness (QED) is 0.750. The van der Waals surface area contributed by atoms with Crippen molar-refractivity contribution in [2.45, 2.75) is 24.5 Å². The zero-order valence-corrected chi connectivity index (χ0v) is 13.5. The predicted octanol–water partition coefficient (Wildman–Crippen LogP) is 1.47. The molecule has 11 heteroatoms. The number of alkyl halides is 2. The Morgan fingerprint density at radius 3 is 2.77 bits per heavy atom. The molecular weight excluding hydrogens is 338 g/mol. The minimum Gasteiger partial charge on any atom is -0.378 e. The van der Waals surface area contributed by atoms with Crippen LogP contribution in [0.4, 0.5) is 8.78 Å². The molecule has 0 aliphatic heterocycles. The summed E-state index contributed by atoms with van der Waals surface area (Å²) in [6, 6.07) is 0. The molecule has 0 aromatic carbocycles. The first-order chi connectivity index (χ1) is 10.3. The van der Waals surface area contributed by atoms with Crippen molar-refractivity contribution in [1.82, 2.24) is 20.0 Å². The molecule has 0 saturated heterocycles. The summed E-state index contributed by atoms with van der Waals surface area (Å²) in [5, 5.41) is 9.22. The highest BCUT2D eigenvalue weighted by atomic mass is 32.2. The zero-order chi connectivity index (χ0) is 16.3. The Labute approximate surface area is 129 Å². The molecule has 0 N–H and O–H groups in total. The minimum atomic E-state index is -3.68. The Kier molecular flexibility index (Phi) is 5.19. The van der Waals surface area contributed by atoms with Crippen LogP contribution in [0.2, 0.25) is 0 Å². The van der Waals surface area contributed by atoms with Gasteiger partial charge in [0.2, 0.25) is 0 Å². The van der Waals surface area contributed by atoms with E-state index in [1.807, 2.05) is 0 Å². The van der Waals surface area contributed by atoms with Gasteiger partial charge in [0.1, 0.15) is 16.4 Å². The molecule has 7 nitrogen and oxygen atoms in total. The van der Waals surface area contributed by atoms with Crippen molar-refractivity contribution >= 4 is 21.2 Å². The van der Waals surface area contributed by atoms with Crippen LogP contribution in [0.15, 0.2) is 5.38 Å². The number of nitrogens with zero attached hydrogens (tertiary/aromatic N) is 4. The lowest BCUT2D eigenvalue weighted by Gasteiger charge is -2.04. The fourth-order valence-corrected chi connectivity index (χ4v) is 4.06. The highest BCUT2D eigenvalue weighted by molar-refractivity contribution is 7.89. The maximum atomic E-state index is 12.9. The third kappa shape index (κ3) is 4.05. The van der Waals surface area contributed by atoms with Crippen LogP contribution in [-0.4, -0.2) is 35.5 Å². The van der Waals surface area contributed by atoms with E-state index in [4.69, 9.17) is 4.74 Å². The summed E-state index contributed by atoms with van der Waals surface area (Å²) in [5.41, 5.74) is -0.355. The van der Waals surface area contributed by atoms with Crippen LogP contribution in [0.1, 0.15) is 28.5 Å². The van der Waals surface area contributed by atoms with Gasteiger partial charge in [-0.15, -0.1) is 16.4 Å². The molecule has 22 heavy (non-hydrogen) atoms. The van der Waals surface area contributed by atoms with Gasteiger partial charge in [-0.2, -0.15) is 0 Å². The number of thiazole rings is 1. The monoisotopic (exact) mass is 352 g/mol. The number of sulfone groups is 1. The van der Waals surface area contributed by atoms with E-state index >= 15 is 0 Å². The number of hydrogen-bond donors (Lipinski definition) is 0. The molecule has 2 aromatic heterocycles. The van der Waals surface area contributed by atoms with Gasteiger partial charge in [0.05, 0.1) is 23.8 Å². The summed E-state index contributed by atoms with van der Waals surface area (Å²) < 4.78 is 55.8. The van der Waals surface area contributed by atoms with Crippen LogP contribution in [0, 0.1) is 0 Å². The van der Waals surface area contributed by atoms with Crippen LogP contribution < -0.4 is 0 Å². The third-order valence-electron chi connectivity index (χ3n) is 2.74. The molecule has 2 rings (SSSR count). The van der Waals surface area contributed by atoms with Gasteiger partial charge >= 0.3 is 0 Å². The largest absolute Gasteiger partial charge is 0.378 e. The normalized spacial score (nSPS) is 12.2. The lowest BCUT2D eigenvalue weighted by molar-refractivity contribution is 0.140. The third-order valence-corrected chi connectivity index (χ3v) is 5.06. The maximum Gasteiger partial charge on any atom is 0.281 e. The molecular formula is C11H14F2N4O3S2. The lowest BCUT2D eigenvalue weighted by Crippen LogP contribution is -2.11. The molecule has 0 aliphatic carbocycles. The van der Waals surface area contributed by atoms with E-state index in [2.05, 4.69) is 15.3 Å². The molecule has 0 spiro atoms. The van der Waals surface area contributed by atoms with Gasteiger partial charge in [-0.05, 0) is 0 Å². The average molecular weight is 352 g/mol. The average Bonchev–Trinajstić information content (AvgIpc) is 2.96. The second-order valence-electron chi connectivity index (χ2n) is 4.54. The standard InChI is InChI=1S/C11H14F2N4O3S2/c1-17-10(11(12)13)8(15-16-17)6-22(18,19)5-7-4-21-9(14-7)3-20-2/h4,11H,3,5-6H2,1-2H3. The van der Waals surface area contributed by atoms with Crippen LogP contribution in [-0.2, 0) is 39.7 Å². The lowest BCUT2D eigenvalue weighted by atomic mass is 10.3. The van der Waals surface area contributed by atoms with Crippen molar-refractivity contribution in [1.29, 1.82) is 0 Å².